The molecule has 8 heteroatoms. The Morgan fingerprint density at radius 1 is 0.672 bits per heavy atom. The van der Waals surface area contributed by atoms with Crippen LogP contribution in [0.2, 0.25) is 6.82 Å². The van der Waals surface area contributed by atoms with Crippen molar-refractivity contribution in [2.45, 2.75) is 13.7 Å². The molecule has 6 nitrogen and oxygen atoms in total. The summed E-state index contributed by atoms with van der Waals surface area (Å²) >= 11 is 1.65. The van der Waals surface area contributed by atoms with Crippen LogP contribution in [0, 0.1) is 6.92 Å². The molecule has 0 unspecified atom stereocenters. The van der Waals surface area contributed by atoms with Gasteiger partial charge in [-0.2, -0.15) is 0 Å². The zero-order valence-corrected chi connectivity index (χ0v) is 33.2. The molecular formula is C50H39BN5OS. The number of thiazole rings is 1. The predicted octanol–water partition coefficient (Wildman–Crippen LogP) is 10.5. The van der Waals surface area contributed by atoms with E-state index in [9.17, 15) is 0 Å². The molecule has 0 atom stereocenters. The second-order valence-electron chi connectivity index (χ2n) is 13.5. The number of allylic oxidation sites excluding steroid dienone is 4. The highest BCUT2D eigenvalue weighted by Crippen LogP contribution is 2.36. The molecular weight excluding hydrogens is 729 g/mol. The topological polar surface area (TPSA) is 69.6 Å². The monoisotopic (exact) mass is 768 g/mol. The van der Waals surface area contributed by atoms with Gasteiger partial charge in [0.05, 0.1) is 21.6 Å². The van der Waals surface area contributed by atoms with Crippen molar-refractivity contribution in [3.8, 4) is 50.4 Å². The molecule has 0 N–H and O–H groups in total. The molecule has 58 heavy (non-hydrogen) atoms. The summed E-state index contributed by atoms with van der Waals surface area (Å²) in [5.41, 5.74) is 11.9. The Morgan fingerprint density at radius 2 is 1.29 bits per heavy atom. The molecule has 4 heterocycles. The molecule has 8 aromatic rings. The molecule has 0 saturated carbocycles. The number of nitrogens with zero attached hydrogens (tertiary/aromatic N) is 5. The van der Waals surface area contributed by atoms with Crippen LogP contribution in [0.15, 0.2) is 152 Å². The molecule has 0 bridgehead atoms. The van der Waals surface area contributed by atoms with Gasteiger partial charge >= 0.3 is 0 Å². The van der Waals surface area contributed by atoms with Gasteiger partial charge in [-0.15, -0.1) is 11.3 Å². The van der Waals surface area contributed by atoms with E-state index in [1.807, 2.05) is 99.1 Å². The van der Waals surface area contributed by atoms with Crippen molar-refractivity contribution < 1.29 is 4.42 Å². The minimum absolute atomic E-state index is 0.590. The molecule has 1 radical (unpaired) electrons. The third kappa shape index (κ3) is 7.29. The number of benzene rings is 4. The molecule has 0 aliphatic heterocycles. The Labute approximate surface area is 342 Å². The number of aromatic nitrogens is 5. The van der Waals surface area contributed by atoms with E-state index in [1.165, 1.54) is 0 Å². The van der Waals surface area contributed by atoms with Crippen molar-refractivity contribution in [2.75, 3.05) is 0 Å². The molecule has 4 aromatic heterocycles. The van der Waals surface area contributed by atoms with Crippen LogP contribution in [0.5, 0.6) is 0 Å². The van der Waals surface area contributed by atoms with Gasteiger partial charge in [0, 0.05) is 61.6 Å². The minimum atomic E-state index is 0.590. The van der Waals surface area contributed by atoms with Crippen LogP contribution in [0.1, 0.15) is 28.1 Å². The third-order valence-corrected chi connectivity index (χ3v) is 11.0. The van der Waals surface area contributed by atoms with E-state index in [4.69, 9.17) is 24.4 Å². The van der Waals surface area contributed by atoms with E-state index in [2.05, 4.69) is 92.4 Å². The van der Waals surface area contributed by atoms with Gasteiger partial charge in [0.15, 0.2) is 24.8 Å². The molecule has 0 aliphatic rings. The molecule has 279 valence electrons. The van der Waals surface area contributed by atoms with E-state index in [0.717, 1.165) is 82.1 Å². The Morgan fingerprint density at radius 3 is 1.91 bits per heavy atom. The van der Waals surface area contributed by atoms with E-state index in [-0.39, 0.29) is 0 Å². The number of hydrogen-bond donors (Lipinski definition) is 0. The highest BCUT2D eigenvalue weighted by molar-refractivity contribution is 7.21. The lowest BCUT2D eigenvalue weighted by Gasteiger charge is -2.11. The van der Waals surface area contributed by atoms with E-state index in [1.54, 1.807) is 23.5 Å². The first-order chi connectivity index (χ1) is 28.4. The van der Waals surface area contributed by atoms with E-state index >= 15 is 0 Å². The van der Waals surface area contributed by atoms with Crippen LogP contribution in [0.3, 0.4) is 0 Å². The highest BCUT2D eigenvalue weighted by atomic mass is 32.1. The summed E-state index contributed by atoms with van der Waals surface area (Å²) < 4.78 is 9.68. The smallest absolute Gasteiger partial charge is 0.199 e. The molecule has 0 saturated heterocycles. The second-order valence-corrected chi connectivity index (χ2v) is 14.5. The first kappa shape index (κ1) is 37.8. The molecule has 4 aromatic carbocycles. The lowest BCUT2D eigenvalue weighted by molar-refractivity contribution is 0.561. The maximum atomic E-state index is 6.38. The minimum Gasteiger partial charge on any atom is -0.471 e. The van der Waals surface area contributed by atoms with Crippen molar-refractivity contribution in [1.29, 1.82) is 0 Å². The van der Waals surface area contributed by atoms with Gasteiger partial charge in [0.2, 0.25) is 0 Å². The van der Waals surface area contributed by atoms with Crippen LogP contribution < -0.4 is 16.3 Å². The summed E-state index contributed by atoms with van der Waals surface area (Å²) in [7, 11) is 1.95. The summed E-state index contributed by atoms with van der Waals surface area (Å²) in [4.78, 5) is 19.9. The van der Waals surface area contributed by atoms with Gasteiger partial charge in [-0.25, -0.2) is 19.9 Å². The average Bonchev–Trinajstić information content (AvgIpc) is 3.92. The number of hydrogen-bond acceptors (Lipinski definition) is 6. The lowest BCUT2D eigenvalue weighted by atomic mass is 9.77. The Balaban J connectivity index is 1.23. The number of rotatable bonds is 12. The Bertz CT molecular complexity index is 2970. The van der Waals surface area contributed by atoms with Gasteiger partial charge in [0.25, 0.3) is 0 Å². The molecule has 0 spiro atoms. The fourth-order valence-corrected chi connectivity index (χ4v) is 7.99. The fraction of sp³-hybridized carbons (Fsp3) is 0.0400. The molecule has 8 rings (SSSR count). The van der Waals surface area contributed by atoms with Crippen LogP contribution in [0.4, 0.5) is 0 Å². The standard InChI is InChI=1S/C50H39BN5OS/c1-7-10-25-40-32(4)44(57-46(40)51-6)31-43-39(9-3)41(26-11-8-2)33(5)56(43)38-24-18-23-37(29-38)50-52-42-30-36(27-28-45(42)58-50)49-54-47(34-19-14-12-15-20-34)53-48(55-49)35-21-16-13-17-22-35/h7-31H,1-4H2,5-6H3/b25-10-,26-11-,44-31+. The molecule has 0 aliphatic carbocycles. The predicted molar refractivity (Wildman–Crippen MR) is 246 cm³/mol. The van der Waals surface area contributed by atoms with Crippen molar-refractivity contribution in [2.24, 2.45) is 0 Å². The van der Waals surface area contributed by atoms with Crippen LogP contribution >= 0.6 is 11.3 Å². The van der Waals surface area contributed by atoms with Crippen LogP contribution in [0.25, 0.3) is 91.5 Å². The summed E-state index contributed by atoms with van der Waals surface area (Å²) in [5.74, 6) is 1.83. The summed E-state index contributed by atoms with van der Waals surface area (Å²) in [5, 5.41) is 1.70. The van der Waals surface area contributed by atoms with Crippen molar-refractivity contribution in [1.82, 2.24) is 24.5 Å². The van der Waals surface area contributed by atoms with Crippen molar-refractivity contribution in [3.63, 3.8) is 0 Å². The number of fused-ring (bicyclic) bond motifs is 1. The van der Waals surface area contributed by atoms with Gasteiger partial charge in [0.1, 0.15) is 10.4 Å². The van der Waals surface area contributed by atoms with Crippen molar-refractivity contribution in [3.05, 3.63) is 186 Å². The zero-order valence-electron chi connectivity index (χ0n) is 32.4. The van der Waals surface area contributed by atoms with E-state index < -0.39 is 0 Å². The Hall–Kier alpha value is -7.16. The summed E-state index contributed by atoms with van der Waals surface area (Å²) in [6.45, 7) is 20.4. The summed E-state index contributed by atoms with van der Waals surface area (Å²) in [6, 6.07) is 34.7. The Kier molecular flexibility index (Phi) is 10.8. The maximum absolute atomic E-state index is 6.38. The van der Waals surface area contributed by atoms with Gasteiger partial charge in [-0.3, -0.25) is 0 Å². The number of furan rings is 1. The molecule has 0 fully saturated rings. The lowest BCUT2D eigenvalue weighted by Crippen LogP contribution is -2.21. The largest absolute Gasteiger partial charge is 0.471 e. The fourth-order valence-electron chi connectivity index (χ4n) is 7.04. The van der Waals surface area contributed by atoms with E-state index in [0.29, 0.717) is 22.9 Å². The van der Waals surface area contributed by atoms with Gasteiger partial charge < -0.3 is 8.98 Å². The molecule has 0 amide bonds. The summed E-state index contributed by atoms with van der Waals surface area (Å²) in [6.07, 6.45) is 15.3. The first-order valence-corrected chi connectivity index (χ1v) is 19.7. The van der Waals surface area contributed by atoms with Gasteiger partial charge in [-0.1, -0.05) is 148 Å². The SMILES string of the molecule is C=C/C=C\c1c(C=C)c(/C=c2/oc([B]C)c(/C=C\C=C)c2=C)n(-c2cccc(-c3nc4cc(-c5nc(-c6ccccc6)nc(-c6ccccc6)n5)ccc4s3)c2)c1C. The average molecular weight is 769 g/mol. The van der Waals surface area contributed by atoms with Gasteiger partial charge in [-0.05, 0) is 37.3 Å². The first-order valence-electron chi connectivity index (χ1n) is 18.9. The third-order valence-electron chi connectivity index (χ3n) is 9.87. The second kappa shape index (κ2) is 16.5. The van der Waals surface area contributed by atoms with Crippen LogP contribution in [-0.4, -0.2) is 31.8 Å². The normalized spacial score (nSPS) is 11.9. The van der Waals surface area contributed by atoms with Crippen LogP contribution in [-0.2, 0) is 0 Å². The maximum Gasteiger partial charge on any atom is 0.199 e. The quantitative estimate of drug-likeness (QED) is 0.0915. The highest BCUT2D eigenvalue weighted by Gasteiger charge is 2.20. The zero-order chi connectivity index (χ0) is 40.2. The van der Waals surface area contributed by atoms with Crippen molar-refractivity contribution >= 4 is 65.4 Å².